The second kappa shape index (κ2) is 7.55. The number of anilines is 1. The quantitative estimate of drug-likeness (QED) is 0.560. The van der Waals surface area contributed by atoms with Crippen LogP contribution in [0.3, 0.4) is 0 Å². The van der Waals surface area contributed by atoms with E-state index in [-0.39, 0.29) is 17.8 Å². The summed E-state index contributed by atoms with van der Waals surface area (Å²) in [5.74, 6) is -2.58. The molecule has 0 fully saturated rings. The second-order valence-electron chi connectivity index (χ2n) is 6.99. The molecule has 0 unspecified atom stereocenters. The van der Waals surface area contributed by atoms with Crippen molar-refractivity contribution >= 4 is 22.6 Å². The van der Waals surface area contributed by atoms with Gasteiger partial charge in [0.05, 0.1) is 11.1 Å². The Hall–Kier alpha value is -3.81. The number of benzene rings is 2. The highest BCUT2D eigenvalue weighted by Gasteiger charge is 2.18. The van der Waals surface area contributed by atoms with Crippen LogP contribution < -0.4 is 10.9 Å². The van der Waals surface area contributed by atoms with Crippen LogP contribution in [0.2, 0.25) is 0 Å². The molecule has 0 saturated heterocycles. The van der Waals surface area contributed by atoms with Gasteiger partial charge in [0.25, 0.3) is 5.56 Å². The first-order chi connectivity index (χ1) is 14.3. The van der Waals surface area contributed by atoms with Crippen molar-refractivity contribution in [1.82, 2.24) is 14.3 Å². The van der Waals surface area contributed by atoms with Gasteiger partial charge in [-0.2, -0.15) is 0 Å². The zero-order valence-corrected chi connectivity index (χ0v) is 16.3. The second-order valence-corrected chi connectivity index (χ2v) is 6.99. The summed E-state index contributed by atoms with van der Waals surface area (Å²) in [7, 11) is 0. The van der Waals surface area contributed by atoms with Gasteiger partial charge in [-0.15, -0.1) is 0 Å². The molecule has 0 atom stereocenters. The molecule has 1 N–H and O–H groups in total. The third-order valence-corrected chi connectivity index (χ3v) is 4.93. The Kier molecular flexibility index (Phi) is 4.91. The van der Waals surface area contributed by atoms with Crippen molar-refractivity contribution in [3.63, 3.8) is 0 Å². The molecule has 0 spiro atoms. The maximum Gasteiger partial charge on any atom is 0.280 e. The lowest BCUT2D eigenvalue weighted by Crippen LogP contribution is -2.27. The van der Waals surface area contributed by atoms with E-state index < -0.39 is 17.5 Å². The maximum atomic E-state index is 13.4. The molecule has 0 radical (unpaired) electrons. The molecule has 4 aromatic rings. The van der Waals surface area contributed by atoms with E-state index in [4.69, 9.17) is 0 Å². The number of aryl methyl sites for hydroxylation is 2. The van der Waals surface area contributed by atoms with Gasteiger partial charge in [0.2, 0.25) is 5.91 Å². The van der Waals surface area contributed by atoms with E-state index in [0.29, 0.717) is 16.7 Å². The highest BCUT2D eigenvalue weighted by atomic mass is 19.2. The Labute approximate surface area is 170 Å². The molecule has 2 aromatic heterocycles. The summed E-state index contributed by atoms with van der Waals surface area (Å²) in [5.41, 5.74) is 2.83. The minimum atomic E-state index is -1.06. The van der Waals surface area contributed by atoms with Crippen LogP contribution in [-0.2, 0) is 11.3 Å². The fourth-order valence-corrected chi connectivity index (χ4v) is 3.26. The zero-order chi connectivity index (χ0) is 21.4. The average Bonchev–Trinajstić information content (AvgIpc) is 2.99. The van der Waals surface area contributed by atoms with Gasteiger partial charge in [-0.05, 0) is 61.4 Å². The van der Waals surface area contributed by atoms with Gasteiger partial charge in [-0.3, -0.25) is 14.3 Å². The molecule has 0 aliphatic rings. The number of fused-ring (bicyclic) bond motifs is 1. The Bertz CT molecular complexity index is 1340. The molecule has 0 aliphatic heterocycles. The molecule has 8 heteroatoms. The van der Waals surface area contributed by atoms with E-state index in [1.54, 1.807) is 18.2 Å². The lowest BCUT2D eigenvalue weighted by molar-refractivity contribution is -0.116. The summed E-state index contributed by atoms with van der Waals surface area (Å²) >= 11 is 0. The number of aromatic nitrogens is 3. The number of amides is 1. The van der Waals surface area contributed by atoms with Gasteiger partial charge < -0.3 is 5.32 Å². The van der Waals surface area contributed by atoms with Crippen molar-refractivity contribution < 1.29 is 13.6 Å². The van der Waals surface area contributed by atoms with E-state index in [2.05, 4.69) is 10.3 Å². The lowest BCUT2D eigenvalue weighted by atomic mass is 10.1. The average molecular weight is 408 g/mol. The number of nitrogens with one attached hydrogen (secondary N) is 1. The highest BCUT2D eigenvalue weighted by Crippen LogP contribution is 2.18. The predicted molar refractivity (Wildman–Crippen MR) is 110 cm³/mol. The number of rotatable bonds is 4. The fraction of sp³-hybridized carbons (Fsp3) is 0.136. The summed E-state index contributed by atoms with van der Waals surface area (Å²) in [6, 6.07) is 11.9. The Morgan fingerprint density at radius 2 is 1.83 bits per heavy atom. The van der Waals surface area contributed by atoms with Crippen molar-refractivity contribution in [3.8, 4) is 5.69 Å². The van der Waals surface area contributed by atoms with Crippen molar-refractivity contribution in [2.75, 3.05) is 5.32 Å². The first-order valence-electron chi connectivity index (χ1n) is 9.24. The zero-order valence-electron chi connectivity index (χ0n) is 16.3. The molecule has 0 saturated carbocycles. The maximum absolute atomic E-state index is 13.4. The van der Waals surface area contributed by atoms with Crippen LogP contribution in [0, 0.1) is 25.5 Å². The van der Waals surface area contributed by atoms with Crippen LogP contribution in [0.25, 0.3) is 16.7 Å². The first-order valence-corrected chi connectivity index (χ1v) is 9.24. The molecular formula is C22H18F2N4O2. The Morgan fingerprint density at radius 1 is 1.03 bits per heavy atom. The van der Waals surface area contributed by atoms with Gasteiger partial charge >= 0.3 is 0 Å². The van der Waals surface area contributed by atoms with E-state index in [9.17, 15) is 18.4 Å². The van der Waals surface area contributed by atoms with Crippen LogP contribution >= 0.6 is 0 Å². The first kappa shape index (κ1) is 19.5. The monoisotopic (exact) mass is 408 g/mol. The van der Waals surface area contributed by atoms with E-state index in [0.717, 1.165) is 23.3 Å². The van der Waals surface area contributed by atoms with E-state index in [1.165, 1.54) is 21.6 Å². The number of nitrogens with zero attached hydrogens (tertiary/aromatic N) is 3. The molecule has 0 aliphatic carbocycles. The largest absolute Gasteiger partial charge is 0.324 e. The molecule has 6 nitrogen and oxygen atoms in total. The normalized spacial score (nSPS) is 11.1. The summed E-state index contributed by atoms with van der Waals surface area (Å²) in [4.78, 5) is 30.0. The smallest absolute Gasteiger partial charge is 0.280 e. The van der Waals surface area contributed by atoms with Gasteiger partial charge in [0.1, 0.15) is 6.54 Å². The third-order valence-electron chi connectivity index (χ3n) is 4.93. The van der Waals surface area contributed by atoms with Crippen molar-refractivity contribution in [3.05, 3.63) is 87.8 Å². The van der Waals surface area contributed by atoms with Crippen LogP contribution in [0.4, 0.5) is 14.5 Å². The summed E-state index contributed by atoms with van der Waals surface area (Å²) in [6.45, 7) is 3.65. The van der Waals surface area contributed by atoms with E-state index in [1.807, 2.05) is 26.0 Å². The number of carbonyl (C=O) groups excluding carboxylic acids is 1. The molecule has 1 amide bonds. The van der Waals surface area contributed by atoms with Gasteiger partial charge in [0, 0.05) is 18.0 Å². The number of hydrogen-bond acceptors (Lipinski definition) is 3. The summed E-state index contributed by atoms with van der Waals surface area (Å²) in [5, 5.41) is 2.89. The van der Waals surface area contributed by atoms with Crippen LogP contribution in [0.1, 0.15) is 11.1 Å². The van der Waals surface area contributed by atoms with Crippen molar-refractivity contribution in [2.45, 2.75) is 20.4 Å². The third kappa shape index (κ3) is 3.47. The minimum absolute atomic E-state index is 0.114. The topological polar surface area (TPSA) is 68.9 Å². The molecule has 2 heterocycles. The number of carbonyl (C=O) groups is 1. The van der Waals surface area contributed by atoms with Crippen LogP contribution in [0.15, 0.2) is 59.5 Å². The van der Waals surface area contributed by atoms with Crippen molar-refractivity contribution in [1.29, 1.82) is 0 Å². The number of halogens is 2. The Balaban J connectivity index is 1.77. The van der Waals surface area contributed by atoms with Crippen molar-refractivity contribution in [2.24, 2.45) is 0 Å². The van der Waals surface area contributed by atoms with Gasteiger partial charge in [0.15, 0.2) is 17.3 Å². The SMILES string of the molecule is Cc1ccc(-n2c(=O)c3cccnc3n2CC(=O)Nc2ccc(F)c(F)c2)cc1C. The predicted octanol–water partition coefficient (Wildman–Crippen LogP) is 3.72. The van der Waals surface area contributed by atoms with Gasteiger partial charge in [-0.25, -0.2) is 18.4 Å². The minimum Gasteiger partial charge on any atom is -0.324 e. The lowest BCUT2D eigenvalue weighted by Gasteiger charge is -2.14. The van der Waals surface area contributed by atoms with Crippen LogP contribution in [0.5, 0.6) is 0 Å². The number of pyridine rings is 1. The standard InChI is InChI=1S/C22H18F2N4O2/c1-13-5-7-16(10-14(13)2)28-22(30)17-4-3-9-25-21(17)27(28)12-20(29)26-15-6-8-18(23)19(24)11-15/h3-11H,12H2,1-2H3,(H,26,29). The number of hydrogen-bond donors (Lipinski definition) is 1. The highest BCUT2D eigenvalue weighted by molar-refractivity contribution is 5.91. The summed E-state index contributed by atoms with van der Waals surface area (Å²) in [6.07, 6.45) is 1.54. The Morgan fingerprint density at radius 3 is 2.57 bits per heavy atom. The van der Waals surface area contributed by atoms with Crippen LogP contribution in [-0.4, -0.2) is 20.3 Å². The molecule has 2 aromatic carbocycles. The molecule has 4 rings (SSSR count). The molecule has 0 bridgehead atoms. The summed E-state index contributed by atoms with van der Waals surface area (Å²) < 4.78 is 29.4. The van der Waals surface area contributed by atoms with Gasteiger partial charge in [-0.1, -0.05) is 6.07 Å². The fourth-order valence-electron chi connectivity index (χ4n) is 3.26. The molecule has 30 heavy (non-hydrogen) atoms. The molecule has 152 valence electrons. The van der Waals surface area contributed by atoms with E-state index >= 15 is 0 Å². The molecular weight excluding hydrogens is 390 g/mol.